The van der Waals surface area contributed by atoms with E-state index in [-0.39, 0.29) is 23.2 Å². The lowest BCUT2D eigenvalue weighted by Crippen LogP contribution is -2.47. The Morgan fingerprint density at radius 2 is 1.90 bits per heavy atom. The summed E-state index contributed by atoms with van der Waals surface area (Å²) in [5.74, 6) is 0.223. The molecule has 4 heteroatoms. The Morgan fingerprint density at radius 3 is 2.38 bits per heavy atom. The minimum atomic E-state index is -0.316. The van der Waals surface area contributed by atoms with E-state index in [0.717, 1.165) is 25.1 Å². The van der Waals surface area contributed by atoms with E-state index < -0.39 is 0 Å². The molecule has 1 aliphatic heterocycles. The van der Waals surface area contributed by atoms with E-state index in [4.69, 9.17) is 0 Å². The minimum Gasteiger partial charge on any atom is -0.338 e. The number of carbonyl (C=O) groups is 1. The highest BCUT2D eigenvalue weighted by Crippen LogP contribution is 2.37. The third kappa shape index (κ3) is 2.95. The van der Waals surface area contributed by atoms with Crippen LogP contribution < -0.4 is 5.32 Å². The Balaban J connectivity index is 2.19. The molecule has 2 rings (SSSR count). The number of carbonyl (C=O) groups excluding carboxylic acids is 1. The summed E-state index contributed by atoms with van der Waals surface area (Å²) < 4.78 is 13.0. The maximum absolute atomic E-state index is 13.0. The predicted molar refractivity (Wildman–Crippen MR) is 82.3 cm³/mol. The fraction of sp³-hybridized carbons (Fsp3) is 0.588. The second-order valence-corrected chi connectivity index (χ2v) is 6.38. The SMILES string of the molecule is CC(c1ccc(F)cc1)N(C)C(=O)C1(C(C)C)CCNC1. The molecule has 1 heterocycles. The summed E-state index contributed by atoms with van der Waals surface area (Å²) in [7, 11) is 1.85. The molecule has 0 radical (unpaired) electrons. The van der Waals surface area contributed by atoms with E-state index in [1.807, 2.05) is 14.0 Å². The van der Waals surface area contributed by atoms with Gasteiger partial charge in [-0.25, -0.2) is 4.39 Å². The quantitative estimate of drug-likeness (QED) is 0.925. The molecule has 1 aliphatic rings. The van der Waals surface area contributed by atoms with Crippen molar-refractivity contribution in [3.8, 4) is 0 Å². The molecule has 2 unspecified atom stereocenters. The number of hydrogen-bond donors (Lipinski definition) is 1. The summed E-state index contributed by atoms with van der Waals surface area (Å²) in [6.45, 7) is 7.84. The molecule has 2 atom stereocenters. The molecule has 1 aromatic carbocycles. The van der Waals surface area contributed by atoms with Gasteiger partial charge in [0, 0.05) is 13.6 Å². The lowest BCUT2D eigenvalue weighted by Gasteiger charge is -2.37. The third-order valence-corrected chi connectivity index (χ3v) is 4.97. The molecule has 0 bridgehead atoms. The number of amides is 1. The summed E-state index contributed by atoms with van der Waals surface area (Å²) in [6.07, 6.45) is 0.879. The maximum atomic E-state index is 13.0. The van der Waals surface area contributed by atoms with Gasteiger partial charge >= 0.3 is 0 Å². The average Bonchev–Trinajstić information content (AvgIpc) is 2.96. The molecule has 1 N–H and O–H groups in total. The molecular formula is C17H25FN2O. The van der Waals surface area contributed by atoms with Crippen molar-refractivity contribution < 1.29 is 9.18 Å². The maximum Gasteiger partial charge on any atom is 0.230 e. The highest BCUT2D eigenvalue weighted by atomic mass is 19.1. The predicted octanol–water partition coefficient (Wildman–Crippen LogP) is 2.98. The molecule has 3 nitrogen and oxygen atoms in total. The number of halogens is 1. The molecule has 0 aromatic heterocycles. The van der Waals surface area contributed by atoms with Gasteiger partial charge in [0.05, 0.1) is 11.5 Å². The molecule has 21 heavy (non-hydrogen) atoms. The smallest absolute Gasteiger partial charge is 0.230 e. The molecular weight excluding hydrogens is 267 g/mol. The van der Waals surface area contributed by atoms with Gasteiger partial charge in [0.1, 0.15) is 5.82 Å². The lowest BCUT2D eigenvalue weighted by molar-refractivity contribution is -0.144. The highest BCUT2D eigenvalue weighted by Gasteiger charge is 2.46. The Kier molecular flexibility index (Phi) is 4.67. The molecule has 116 valence electrons. The van der Waals surface area contributed by atoms with E-state index in [2.05, 4.69) is 19.2 Å². The van der Waals surface area contributed by atoms with Gasteiger partial charge < -0.3 is 10.2 Å². The summed E-state index contributed by atoms with van der Waals surface area (Å²) in [5.41, 5.74) is 0.639. The van der Waals surface area contributed by atoms with Crippen LogP contribution in [0.15, 0.2) is 24.3 Å². The normalized spacial score (nSPS) is 23.3. The van der Waals surface area contributed by atoms with Crippen LogP contribution in [0.2, 0.25) is 0 Å². The van der Waals surface area contributed by atoms with Crippen LogP contribution in [0.25, 0.3) is 0 Å². The fourth-order valence-corrected chi connectivity index (χ4v) is 3.13. The average molecular weight is 292 g/mol. The van der Waals surface area contributed by atoms with Crippen LogP contribution in [0.5, 0.6) is 0 Å². The van der Waals surface area contributed by atoms with Crippen molar-refractivity contribution in [1.82, 2.24) is 10.2 Å². The lowest BCUT2D eigenvalue weighted by atomic mass is 9.75. The number of benzene rings is 1. The zero-order valence-electron chi connectivity index (χ0n) is 13.3. The molecule has 1 aromatic rings. The second-order valence-electron chi connectivity index (χ2n) is 6.38. The van der Waals surface area contributed by atoms with E-state index in [1.165, 1.54) is 12.1 Å². The first-order chi connectivity index (χ1) is 9.88. The second kappa shape index (κ2) is 6.14. The standard InChI is InChI=1S/C17H25FN2O/c1-12(2)17(9-10-19-11-17)16(21)20(4)13(3)14-5-7-15(18)8-6-14/h5-8,12-13,19H,9-11H2,1-4H3. The summed E-state index contributed by atoms with van der Waals surface area (Å²) in [4.78, 5) is 14.8. The molecule has 1 saturated heterocycles. The van der Waals surface area contributed by atoms with Gasteiger partial charge in [-0.15, -0.1) is 0 Å². The van der Waals surface area contributed by atoms with Gasteiger partial charge in [-0.1, -0.05) is 26.0 Å². The van der Waals surface area contributed by atoms with Gasteiger partial charge in [-0.3, -0.25) is 4.79 Å². The van der Waals surface area contributed by atoms with E-state index in [9.17, 15) is 9.18 Å². The van der Waals surface area contributed by atoms with Gasteiger partial charge in [-0.05, 0) is 43.5 Å². The fourth-order valence-electron chi connectivity index (χ4n) is 3.13. The van der Waals surface area contributed by atoms with Crippen molar-refractivity contribution in [3.05, 3.63) is 35.6 Å². The zero-order valence-corrected chi connectivity index (χ0v) is 13.3. The Morgan fingerprint density at radius 1 is 1.29 bits per heavy atom. The minimum absolute atomic E-state index is 0.0608. The first kappa shape index (κ1) is 16.0. The van der Waals surface area contributed by atoms with Crippen LogP contribution in [0.4, 0.5) is 4.39 Å². The topological polar surface area (TPSA) is 32.3 Å². The van der Waals surface area contributed by atoms with Crippen LogP contribution in [0.3, 0.4) is 0 Å². The number of rotatable bonds is 4. The van der Waals surface area contributed by atoms with Crippen LogP contribution in [0, 0.1) is 17.2 Å². The van der Waals surface area contributed by atoms with Crippen LogP contribution in [0.1, 0.15) is 38.8 Å². The van der Waals surface area contributed by atoms with E-state index >= 15 is 0 Å². The van der Waals surface area contributed by atoms with Crippen LogP contribution in [-0.4, -0.2) is 30.9 Å². The summed E-state index contributed by atoms with van der Waals surface area (Å²) in [6, 6.07) is 6.32. The molecule has 0 aliphatic carbocycles. The summed E-state index contributed by atoms with van der Waals surface area (Å²) in [5, 5.41) is 3.32. The Labute approximate surface area is 126 Å². The molecule has 0 saturated carbocycles. The van der Waals surface area contributed by atoms with Gasteiger partial charge in [0.2, 0.25) is 5.91 Å². The number of hydrogen-bond acceptors (Lipinski definition) is 2. The number of nitrogens with one attached hydrogen (secondary N) is 1. The van der Waals surface area contributed by atoms with Crippen LogP contribution in [-0.2, 0) is 4.79 Å². The largest absolute Gasteiger partial charge is 0.338 e. The van der Waals surface area contributed by atoms with Gasteiger partial charge in [-0.2, -0.15) is 0 Å². The number of nitrogens with zero attached hydrogens (tertiary/aromatic N) is 1. The molecule has 0 spiro atoms. The van der Waals surface area contributed by atoms with E-state index in [1.54, 1.807) is 17.0 Å². The van der Waals surface area contributed by atoms with Crippen LogP contribution >= 0.6 is 0 Å². The Hall–Kier alpha value is -1.42. The van der Waals surface area contributed by atoms with Gasteiger partial charge in [0.25, 0.3) is 0 Å². The van der Waals surface area contributed by atoms with E-state index in [0.29, 0.717) is 5.92 Å². The van der Waals surface area contributed by atoms with Crippen molar-refractivity contribution >= 4 is 5.91 Å². The van der Waals surface area contributed by atoms with Crippen molar-refractivity contribution in [2.75, 3.05) is 20.1 Å². The zero-order chi connectivity index (χ0) is 15.6. The molecule has 1 fully saturated rings. The van der Waals surface area contributed by atoms with Crippen molar-refractivity contribution in [2.45, 2.75) is 33.2 Å². The first-order valence-corrected chi connectivity index (χ1v) is 7.62. The van der Waals surface area contributed by atoms with Gasteiger partial charge in [0.15, 0.2) is 0 Å². The third-order valence-electron chi connectivity index (χ3n) is 4.97. The summed E-state index contributed by atoms with van der Waals surface area (Å²) >= 11 is 0. The van der Waals surface area contributed by atoms with Crippen molar-refractivity contribution in [3.63, 3.8) is 0 Å². The monoisotopic (exact) mass is 292 g/mol. The van der Waals surface area contributed by atoms with Crippen molar-refractivity contribution in [1.29, 1.82) is 0 Å². The Bertz CT molecular complexity index is 492. The highest BCUT2D eigenvalue weighted by molar-refractivity contribution is 5.84. The van der Waals surface area contributed by atoms with Crippen molar-refractivity contribution in [2.24, 2.45) is 11.3 Å². The molecule has 1 amide bonds. The first-order valence-electron chi connectivity index (χ1n) is 7.62.